The van der Waals surface area contributed by atoms with Crippen LogP contribution in [0.3, 0.4) is 0 Å². The molecule has 0 atom stereocenters. The molecule has 1 aliphatic carbocycles. The van der Waals surface area contributed by atoms with Crippen molar-refractivity contribution < 1.29 is 17.9 Å². The van der Waals surface area contributed by atoms with Gasteiger partial charge in [0.2, 0.25) is 15.9 Å². The van der Waals surface area contributed by atoms with Crippen molar-refractivity contribution in [2.75, 3.05) is 32.6 Å². The molecule has 0 spiro atoms. The highest BCUT2D eigenvalue weighted by atomic mass is 32.2. The van der Waals surface area contributed by atoms with Gasteiger partial charge in [-0.3, -0.25) is 4.79 Å². The second kappa shape index (κ2) is 6.62. The van der Waals surface area contributed by atoms with Crippen molar-refractivity contribution in [1.29, 1.82) is 0 Å². The average molecular weight is 318 g/mol. The number of sulfonamides is 1. The van der Waals surface area contributed by atoms with Gasteiger partial charge in [0.15, 0.2) is 0 Å². The van der Waals surface area contributed by atoms with E-state index in [2.05, 4.69) is 5.32 Å². The molecule has 0 aromatic heterocycles. The minimum Gasteiger partial charge on any atom is -0.385 e. The number of rotatable bonds is 7. The molecular formula is C14H26N2O4S. The predicted molar refractivity (Wildman–Crippen MR) is 80.4 cm³/mol. The summed E-state index contributed by atoms with van der Waals surface area (Å²) in [6, 6.07) is 0. The number of nitrogens with zero attached hydrogens (tertiary/aromatic N) is 1. The molecule has 7 heteroatoms. The molecule has 122 valence electrons. The maximum Gasteiger partial charge on any atom is 0.223 e. The molecule has 1 aliphatic heterocycles. The lowest BCUT2D eigenvalue weighted by Crippen LogP contribution is -2.57. The topological polar surface area (TPSA) is 75.7 Å². The van der Waals surface area contributed by atoms with Gasteiger partial charge in [0.1, 0.15) is 0 Å². The van der Waals surface area contributed by atoms with Crippen LogP contribution in [0, 0.1) is 5.92 Å². The van der Waals surface area contributed by atoms with Crippen LogP contribution in [0.15, 0.2) is 0 Å². The SMILES string of the molecule is CCS(=O)(=O)N1CCC(CCOC)(NC(=O)C2CC2)CC1. The highest BCUT2D eigenvalue weighted by Gasteiger charge is 2.41. The van der Waals surface area contributed by atoms with Crippen LogP contribution < -0.4 is 5.32 Å². The summed E-state index contributed by atoms with van der Waals surface area (Å²) in [5.74, 6) is 0.423. The Hall–Kier alpha value is -0.660. The van der Waals surface area contributed by atoms with Gasteiger partial charge >= 0.3 is 0 Å². The van der Waals surface area contributed by atoms with E-state index in [0.29, 0.717) is 32.5 Å². The van der Waals surface area contributed by atoms with Crippen LogP contribution in [0.25, 0.3) is 0 Å². The van der Waals surface area contributed by atoms with Gasteiger partial charge in [-0.05, 0) is 39.0 Å². The van der Waals surface area contributed by atoms with E-state index in [1.165, 1.54) is 0 Å². The number of carbonyl (C=O) groups excluding carboxylic acids is 1. The fourth-order valence-corrected chi connectivity index (χ4v) is 3.92. The highest BCUT2D eigenvalue weighted by Crippen LogP contribution is 2.33. The summed E-state index contributed by atoms with van der Waals surface area (Å²) in [5.41, 5.74) is -0.310. The Bertz CT molecular complexity index is 465. The van der Waals surface area contributed by atoms with Gasteiger partial charge in [-0.25, -0.2) is 12.7 Å². The number of carbonyl (C=O) groups is 1. The van der Waals surface area contributed by atoms with Gasteiger partial charge in [-0.2, -0.15) is 0 Å². The highest BCUT2D eigenvalue weighted by molar-refractivity contribution is 7.89. The Balaban J connectivity index is 2.00. The molecule has 0 unspecified atom stereocenters. The maximum absolute atomic E-state index is 12.1. The molecule has 1 heterocycles. The van der Waals surface area contributed by atoms with E-state index in [-0.39, 0.29) is 23.1 Å². The van der Waals surface area contributed by atoms with E-state index in [1.807, 2.05) is 0 Å². The smallest absolute Gasteiger partial charge is 0.223 e. The van der Waals surface area contributed by atoms with E-state index < -0.39 is 10.0 Å². The quantitative estimate of drug-likeness (QED) is 0.751. The summed E-state index contributed by atoms with van der Waals surface area (Å²) in [5, 5.41) is 3.18. The van der Waals surface area contributed by atoms with Gasteiger partial charge < -0.3 is 10.1 Å². The third-order valence-electron chi connectivity index (χ3n) is 4.56. The van der Waals surface area contributed by atoms with Crippen molar-refractivity contribution >= 4 is 15.9 Å². The number of methoxy groups -OCH3 is 1. The third-order valence-corrected chi connectivity index (χ3v) is 6.44. The fraction of sp³-hybridized carbons (Fsp3) is 0.929. The third kappa shape index (κ3) is 4.17. The Morgan fingerprint density at radius 3 is 2.43 bits per heavy atom. The van der Waals surface area contributed by atoms with Crippen molar-refractivity contribution in [3.05, 3.63) is 0 Å². The molecule has 1 N–H and O–H groups in total. The van der Waals surface area contributed by atoms with Crippen molar-refractivity contribution in [2.24, 2.45) is 5.92 Å². The fourth-order valence-electron chi connectivity index (χ4n) is 2.82. The molecule has 1 saturated heterocycles. The molecule has 1 amide bonds. The summed E-state index contributed by atoms with van der Waals surface area (Å²) in [6.07, 6.45) is 4.01. The van der Waals surface area contributed by atoms with Crippen LogP contribution >= 0.6 is 0 Å². The molecule has 0 aromatic carbocycles. The molecule has 2 rings (SSSR count). The number of amides is 1. The predicted octanol–water partition coefficient (Wildman–Crippen LogP) is 0.733. The van der Waals surface area contributed by atoms with Gasteiger partial charge in [0.25, 0.3) is 0 Å². The lowest BCUT2D eigenvalue weighted by atomic mass is 9.85. The van der Waals surface area contributed by atoms with E-state index in [9.17, 15) is 13.2 Å². The van der Waals surface area contributed by atoms with Crippen LogP contribution in [0.2, 0.25) is 0 Å². The van der Waals surface area contributed by atoms with E-state index in [1.54, 1.807) is 18.3 Å². The summed E-state index contributed by atoms with van der Waals surface area (Å²) < 4.78 is 30.6. The number of nitrogens with one attached hydrogen (secondary N) is 1. The van der Waals surface area contributed by atoms with Gasteiger partial charge in [0, 0.05) is 38.3 Å². The minimum absolute atomic E-state index is 0.123. The monoisotopic (exact) mass is 318 g/mol. The largest absolute Gasteiger partial charge is 0.385 e. The second-order valence-corrected chi connectivity index (χ2v) is 8.34. The normalized spacial score (nSPS) is 23.0. The maximum atomic E-state index is 12.1. The minimum atomic E-state index is -3.14. The first kappa shape index (κ1) is 16.7. The Kier molecular flexibility index (Phi) is 5.27. The first-order chi connectivity index (χ1) is 9.92. The van der Waals surface area contributed by atoms with Crippen molar-refractivity contribution in [2.45, 2.75) is 44.6 Å². The zero-order valence-electron chi connectivity index (χ0n) is 12.9. The first-order valence-corrected chi connectivity index (χ1v) is 9.32. The molecule has 2 fully saturated rings. The van der Waals surface area contributed by atoms with E-state index in [0.717, 1.165) is 19.3 Å². The Morgan fingerprint density at radius 1 is 1.33 bits per heavy atom. The van der Waals surface area contributed by atoms with Crippen LogP contribution in [0.1, 0.15) is 39.0 Å². The first-order valence-electron chi connectivity index (χ1n) is 7.71. The summed E-state index contributed by atoms with van der Waals surface area (Å²) in [6.45, 7) is 3.19. The Labute approximate surface area is 127 Å². The van der Waals surface area contributed by atoms with Crippen LogP contribution in [0.5, 0.6) is 0 Å². The summed E-state index contributed by atoms with van der Waals surface area (Å²) >= 11 is 0. The summed E-state index contributed by atoms with van der Waals surface area (Å²) in [4.78, 5) is 12.1. The molecular weight excluding hydrogens is 292 g/mol. The summed E-state index contributed by atoms with van der Waals surface area (Å²) in [7, 11) is -1.49. The standard InChI is InChI=1S/C14H26N2O4S/c1-3-21(18,19)16-9-6-14(7-10-16,8-11-20-2)15-13(17)12-4-5-12/h12H,3-11H2,1-2H3,(H,15,17). The van der Waals surface area contributed by atoms with Crippen LogP contribution in [0.4, 0.5) is 0 Å². The second-order valence-electron chi connectivity index (χ2n) is 6.09. The Morgan fingerprint density at radius 2 is 1.95 bits per heavy atom. The molecule has 21 heavy (non-hydrogen) atoms. The average Bonchev–Trinajstić information content (AvgIpc) is 3.30. The number of hydrogen-bond acceptors (Lipinski definition) is 4. The van der Waals surface area contributed by atoms with Gasteiger partial charge in [-0.1, -0.05) is 0 Å². The zero-order chi connectivity index (χ0) is 15.5. The lowest BCUT2D eigenvalue weighted by Gasteiger charge is -2.42. The van der Waals surface area contributed by atoms with Crippen LogP contribution in [-0.2, 0) is 19.6 Å². The van der Waals surface area contributed by atoms with E-state index in [4.69, 9.17) is 4.74 Å². The number of ether oxygens (including phenoxy) is 1. The van der Waals surface area contributed by atoms with Crippen molar-refractivity contribution in [3.8, 4) is 0 Å². The number of hydrogen-bond donors (Lipinski definition) is 1. The molecule has 6 nitrogen and oxygen atoms in total. The lowest BCUT2D eigenvalue weighted by molar-refractivity contribution is -0.125. The van der Waals surface area contributed by atoms with Crippen LogP contribution in [-0.4, -0.2) is 56.7 Å². The molecule has 2 aliphatic rings. The van der Waals surface area contributed by atoms with Gasteiger partial charge in [0.05, 0.1) is 5.75 Å². The zero-order valence-corrected chi connectivity index (χ0v) is 13.7. The molecule has 1 saturated carbocycles. The van der Waals surface area contributed by atoms with E-state index >= 15 is 0 Å². The molecule has 0 bridgehead atoms. The number of piperidine rings is 1. The van der Waals surface area contributed by atoms with Crippen molar-refractivity contribution in [1.82, 2.24) is 9.62 Å². The molecule has 0 aromatic rings. The van der Waals surface area contributed by atoms with Gasteiger partial charge in [-0.15, -0.1) is 0 Å². The van der Waals surface area contributed by atoms with Crippen molar-refractivity contribution in [3.63, 3.8) is 0 Å². The molecule has 0 radical (unpaired) electrons.